The van der Waals surface area contributed by atoms with Gasteiger partial charge in [0.15, 0.2) is 0 Å². The third-order valence-electron chi connectivity index (χ3n) is 2.75. The normalized spacial score (nSPS) is 10.7. The highest BCUT2D eigenvalue weighted by atomic mass is 32.2. The summed E-state index contributed by atoms with van der Waals surface area (Å²) in [7, 11) is 1.67. The van der Waals surface area contributed by atoms with Crippen molar-refractivity contribution in [2.75, 3.05) is 20.2 Å². The van der Waals surface area contributed by atoms with Crippen molar-refractivity contribution in [1.82, 2.24) is 25.5 Å². The van der Waals surface area contributed by atoms with E-state index in [-0.39, 0.29) is 0 Å². The van der Waals surface area contributed by atoms with Gasteiger partial charge >= 0.3 is 0 Å². The third-order valence-corrected chi connectivity index (χ3v) is 3.78. The van der Waals surface area contributed by atoms with Gasteiger partial charge in [-0.05, 0) is 34.7 Å². The van der Waals surface area contributed by atoms with Crippen molar-refractivity contribution in [2.45, 2.75) is 24.4 Å². The molecule has 1 N–H and O–H groups in total. The monoisotopic (exact) mass is 293 g/mol. The standard InChI is InChI=1S/C13H19N5OS/c1-3-14-7-8-18-13(15-16-17-18)20-10-11-5-4-6-12(9-11)19-2/h4-6,9,14H,3,7-8,10H2,1-2H3. The summed E-state index contributed by atoms with van der Waals surface area (Å²) in [6, 6.07) is 8.03. The molecule has 6 nitrogen and oxygen atoms in total. The number of methoxy groups -OCH3 is 1. The van der Waals surface area contributed by atoms with Crippen molar-refractivity contribution in [3.05, 3.63) is 29.8 Å². The molecule has 0 amide bonds. The maximum atomic E-state index is 5.22. The molecular formula is C13H19N5OS. The summed E-state index contributed by atoms with van der Waals surface area (Å²) in [6.45, 7) is 4.68. The van der Waals surface area contributed by atoms with Gasteiger partial charge in [-0.1, -0.05) is 30.8 Å². The van der Waals surface area contributed by atoms with E-state index in [2.05, 4.69) is 33.8 Å². The molecule has 0 atom stereocenters. The first kappa shape index (κ1) is 14.8. The quantitative estimate of drug-likeness (QED) is 0.589. The Balaban J connectivity index is 1.91. The Labute approximate surface area is 122 Å². The molecule has 0 unspecified atom stereocenters. The number of benzene rings is 1. The van der Waals surface area contributed by atoms with Crippen LogP contribution < -0.4 is 10.1 Å². The summed E-state index contributed by atoms with van der Waals surface area (Å²) in [6.07, 6.45) is 0. The summed E-state index contributed by atoms with van der Waals surface area (Å²) >= 11 is 1.63. The summed E-state index contributed by atoms with van der Waals surface area (Å²) < 4.78 is 7.04. The van der Waals surface area contributed by atoms with E-state index in [1.54, 1.807) is 18.9 Å². The van der Waals surface area contributed by atoms with Gasteiger partial charge in [0.2, 0.25) is 5.16 Å². The van der Waals surface area contributed by atoms with Crippen LogP contribution in [-0.2, 0) is 12.3 Å². The van der Waals surface area contributed by atoms with Crippen molar-refractivity contribution in [1.29, 1.82) is 0 Å². The van der Waals surface area contributed by atoms with E-state index in [0.717, 1.165) is 36.3 Å². The van der Waals surface area contributed by atoms with Crippen LogP contribution in [0.15, 0.2) is 29.4 Å². The molecule has 1 heterocycles. The van der Waals surface area contributed by atoms with Gasteiger partial charge in [-0.15, -0.1) is 5.10 Å². The highest BCUT2D eigenvalue weighted by molar-refractivity contribution is 7.98. The van der Waals surface area contributed by atoms with Crippen molar-refractivity contribution >= 4 is 11.8 Å². The average molecular weight is 293 g/mol. The Morgan fingerprint density at radius 2 is 2.30 bits per heavy atom. The summed E-state index contributed by atoms with van der Waals surface area (Å²) in [4.78, 5) is 0. The van der Waals surface area contributed by atoms with Crippen LogP contribution in [0.1, 0.15) is 12.5 Å². The van der Waals surface area contributed by atoms with Gasteiger partial charge < -0.3 is 10.1 Å². The van der Waals surface area contributed by atoms with E-state index in [4.69, 9.17) is 4.74 Å². The molecule has 0 aliphatic rings. The Kier molecular flexibility index (Phi) is 5.82. The summed E-state index contributed by atoms with van der Waals surface area (Å²) in [5.41, 5.74) is 1.19. The number of hydrogen-bond donors (Lipinski definition) is 1. The predicted octanol–water partition coefficient (Wildman–Crippen LogP) is 1.58. The van der Waals surface area contributed by atoms with Crippen LogP contribution in [0.4, 0.5) is 0 Å². The van der Waals surface area contributed by atoms with Gasteiger partial charge in [-0.3, -0.25) is 0 Å². The van der Waals surface area contributed by atoms with Gasteiger partial charge in [-0.25, -0.2) is 4.68 Å². The molecule has 0 fully saturated rings. The first-order chi connectivity index (χ1) is 9.83. The summed E-state index contributed by atoms with van der Waals surface area (Å²) in [5, 5.41) is 15.9. The van der Waals surface area contributed by atoms with Crippen LogP contribution in [-0.4, -0.2) is 40.4 Å². The molecule has 1 aromatic heterocycles. The number of tetrazole rings is 1. The number of likely N-dealkylation sites (N-methyl/N-ethyl adjacent to an activating group) is 1. The number of ether oxygens (including phenoxy) is 1. The smallest absolute Gasteiger partial charge is 0.209 e. The Hall–Kier alpha value is -1.60. The van der Waals surface area contributed by atoms with Gasteiger partial charge in [-0.2, -0.15) is 0 Å². The number of aromatic nitrogens is 4. The lowest BCUT2D eigenvalue weighted by Gasteiger charge is -2.06. The second kappa shape index (κ2) is 7.86. The molecule has 0 aliphatic carbocycles. The Bertz CT molecular complexity index is 531. The van der Waals surface area contributed by atoms with Gasteiger partial charge in [0, 0.05) is 12.3 Å². The minimum Gasteiger partial charge on any atom is -0.497 e. The molecule has 0 radical (unpaired) electrons. The first-order valence-electron chi connectivity index (χ1n) is 6.56. The lowest BCUT2D eigenvalue weighted by atomic mass is 10.2. The van der Waals surface area contributed by atoms with E-state index in [9.17, 15) is 0 Å². The van der Waals surface area contributed by atoms with Crippen LogP contribution >= 0.6 is 11.8 Å². The molecular weight excluding hydrogens is 274 g/mol. The van der Waals surface area contributed by atoms with Crippen LogP contribution in [0, 0.1) is 0 Å². The fraction of sp³-hybridized carbons (Fsp3) is 0.462. The second-order valence-electron chi connectivity index (χ2n) is 4.18. The lowest BCUT2D eigenvalue weighted by molar-refractivity contribution is 0.414. The molecule has 0 spiro atoms. The van der Waals surface area contributed by atoms with Gasteiger partial charge in [0.05, 0.1) is 13.7 Å². The minimum atomic E-state index is 0.779. The Morgan fingerprint density at radius 3 is 3.10 bits per heavy atom. The third kappa shape index (κ3) is 4.21. The highest BCUT2D eigenvalue weighted by Crippen LogP contribution is 2.22. The van der Waals surface area contributed by atoms with Crippen LogP contribution in [0.3, 0.4) is 0 Å². The first-order valence-corrected chi connectivity index (χ1v) is 7.54. The van der Waals surface area contributed by atoms with Crippen molar-refractivity contribution in [3.63, 3.8) is 0 Å². The van der Waals surface area contributed by atoms with Crippen molar-refractivity contribution in [2.24, 2.45) is 0 Å². The van der Waals surface area contributed by atoms with Gasteiger partial charge in [0.25, 0.3) is 0 Å². The van der Waals surface area contributed by atoms with Crippen molar-refractivity contribution in [3.8, 4) is 5.75 Å². The number of rotatable bonds is 8. The van der Waals surface area contributed by atoms with Crippen LogP contribution in [0.2, 0.25) is 0 Å². The second-order valence-corrected chi connectivity index (χ2v) is 5.12. The molecule has 108 valence electrons. The summed E-state index contributed by atoms with van der Waals surface area (Å²) in [5.74, 6) is 1.69. The van der Waals surface area contributed by atoms with E-state index < -0.39 is 0 Å². The molecule has 1 aromatic carbocycles. The average Bonchev–Trinajstić information content (AvgIpc) is 2.93. The van der Waals surface area contributed by atoms with Crippen molar-refractivity contribution < 1.29 is 4.74 Å². The molecule has 0 saturated carbocycles. The fourth-order valence-corrected chi connectivity index (χ4v) is 2.56. The molecule has 2 aromatic rings. The van der Waals surface area contributed by atoms with E-state index >= 15 is 0 Å². The predicted molar refractivity (Wildman–Crippen MR) is 78.9 cm³/mol. The topological polar surface area (TPSA) is 64.9 Å². The molecule has 0 bridgehead atoms. The maximum absolute atomic E-state index is 5.22. The maximum Gasteiger partial charge on any atom is 0.209 e. The molecule has 0 saturated heterocycles. The molecule has 2 rings (SSSR count). The Morgan fingerprint density at radius 1 is 1.40 bits per heavy atom. The molecule has 0 aliphatic heterocycles. The van der Waals surface area contributed by atoms with E-state index in [1.807, 2.05) is 22.9 Å². The number of nitrogens with zero attached hydrogens (tertiary/aromatic N) is 4. The highest BCUT2D eigenvalue weighted by Gasteiger charge is 2.07. The lowest BCUT2D eigenvalue weighted by Crippen LogP contribution is -2.20. The fourth-order valence-electron chi connectivity index (χ4n) is 1.71. The van der Waals surface area contributed by atoms with Crippen LogP contribution in [0.25, 0.3) is 0 Å². The zero-order chi connectivity index (χ0) is 14.2. The zero-order valence-corrected chi connectivity index (χ0v) is 12.6. The SMILES string of the molecule is CCNCCn1nnnc1SCc1cccc(OC)c1. The number of thioether (sulfide) groups is 1. The molecule has 20 heavy (non-hydrogen) atoms. The van der Waals surface area contributed by atoms with E-state index in [0.29, 0.717) is 0 Å². The van der Waals surface area contributed by atoms with Gasteiger partial charge in [0.1, 0.15) is 5.75 Å². The molecule has 7 heteroatoms. The van der Waals surface area contributed by atoms with Crippen LogP contribution in [0.5, 0.6) is 5.75 Å². The van der Waals surface area contributed by atoms with E-state index in [1.165, 1.54) is 5.56 Å². The number of hydrogen-bond acceptors (Lipinski definition) is 6. The largest absolute Gasteiger partial charge is 0.497 e. The zero-order valence-electron chi connectivity index (χ0n) is 11.7. The number of nitrogens with one attached hydrogen (secondary N) is 1. The minimum absolute atomic E-state index is 0.779.